The SMILES string of the molecule is COc1ccc(OCCNC(=O)C(C)Oc2cc(C)cc(C)c2C)cc1. The predicted octanol–water partition coefficient (Wildman–Crippen LogP) is 3.58. The van der Waals surface area contributed by atoms with Crippen LogP contribution in [0.1, 0.15) is 23.6 Å². The first-order chi connectivity index (χ1) is 12.4. The Morgan fingerprint density at radius 1 is 1.08 bits per heavy atom. The molecule has 1 atom stereocenters. The Morgan fingerprint density at radius 3 is 2.38 bits per heavy atom. The van der Waals surface area contributed by atoms with Crippen LogP contribution in [0.2, 0.25) is 0 Å². The molecular formula is C21H27NO4. The van der Waals surface area contributed by atoms with E-state index in [9.17, 15) is 4.79 Å². The van der Waals surface area contributed by atoms with Crippen LogP contribution in [-0.2, 0) is 4.79 Å². The second-order valence-corrected chi connectivity index (χ2v) is 6.28. The van der Waals surface area contributed by atoms with E-state index >= 15 is 0 Å². The molecule has 0 heterocycles. The lowest BCUT2D eigenvalue weighted by Gasteiger charge is -2.18. The Morgan fingerprint density at radius 2 is 1.73 bits per heavy atom. The molecule has 0 saturated heterocycles. The van der Waals surface area contributed by atoms with E-state index in [0.29, 0.717) is 13.2 Å². The lowest BCUT2D eigenvalue weighted by molar-refractivity contribution is -0.127. The molecule has 0 spiro atoms. The third-order valence-corrected chi connectivity index (χ3v) is 4.17. The largest absolute Gasteiger partial charge is 0.497 e. The van der Waals surface area contributed by atoms with Gasteiger partial charge in [-0.3, -0.25) is 4.79 Å². The average Bonchev–Trinajstić information content (AvgIpc) is 2.63. The molecule has 2 aromatic rings. The molecular weight excluding hydrogens is 330 g/mol. The van der Waals surface area contributed by atoms with Crippen molar-refractivity contribution in [1.82, 2.24) is 5.32 Å². The molecule has 2 aromatic carbocycles. The van der Waals surface area contributed by atoms with Crippen LogP contribution in [0, 0.1) is 20.8 Å². The molecule has 0 radical (unpaired) electrons. The van der Waals surface area contributed by atoms with Crippen LogP contribution in [0.15, 0.2) is 36.4 Å². The van der Waals surface area contributed by atoms with Crippen molar-refractivity contribution in [2.75, 3.05) is 20.3 Å². The van der Waals surface area contributed by atoms with E-state index in [2.05, 4.69) is 11.4 Å². The van der Waals surface area contributed by atoms with Crippen molar-refractivity contribution >= 4 is 5.91 Å². The highest BCUT2D eigenvalue weighted by molar-refractivity contribution is 5.80. The molecule has 0 bridgehead atoms. The summed E-state index contributed by atoms with van der Waals surface area (Å²) in [7, 11) is 1.62. The third kappa shape index (κ3) is 5.41. The molecule has 1 unspecified atom stereocenters. The molecule has 1 N–H and O–H groups in total. The minimum atomic E-state index is -0.573. The molecule has 0 aliphatic rings. The fourth-order valence-electron chi connectivity index (χ4n) is 2.53. The van der Waals surface area contributed by atoms with Gasteiger partial charge in [-0.1, -0.05) is 6.07 Å². The van der Waals surface area contributed by atoms with Crippen LogP contribution in [-0.4, -0.2) is 32.3 Å². The van der Waals surface area contributed by atoms with E-state index < -0.39 is 6.10 Å². The molecule has 1 amide bonds. The van der Waals surface area contributed by atoms with Crippen LogP contribution in [0.4, 0.5) is 0 Å². The van der Waals surface area contributed by atoms with Gasteiger partial charge in [0.15, 0.2) is 6.10 Å². The van der Waals surface area contributed by atoms with Gasteiger partial charge < -0.3 is 19.5 Å². The van der Waals surface area contributed by atoms with E-state index in [0.717, 1.165) is 33.9 Å². The first kappa shape index (κ1) is 19.6. The van der Waals surface area contributed by atoms with Gasteiger partial charge in [-0.05, 0) is 74.7 Å². The molecule has 26 heavy (non-hydrogen) atoms. The summed E-state index contributed by atoms with van der Waals surface area (Å²) in [6.07, 6.45) is -0.573. The Balaban J connectivity index is 1.78. The maximum absolute atomic E-state index is 12.2. The van der Waals surface area contributed by atoms with Crippen molar-refractivity contribution in [2.45, 2.75) is 33.8 Å². The summed E-state index contributed by atoms with van der Waals surface area (Å²) in [5, 5.41) is 2.83. The predicted molar refractivity (Wildman–Crippen MR) is 102 cm³/mol. The zero-order valence-electron chi connectivity index (χ0n) is 16.1. The third-order valence-electron chi connectivity index (χ3n) is 4.17. The van der Waals surface area contributed by atoms with Gasteiger partial charge >= 0.3 is 0 Å². The van der Waals surface area contributed by atoms with Gasteiger partial charge in [0.1, 0.15) is 23.9 Å². The summed E-state index contributed by atoms with van der Waals surface area (Å²) in [6, 6.07) is 11.4. The van der Waals surface area contributed by atoms with Crippen molar-refractivity contribution in [2.24, 2.45) is 0 Å². The second-order valence-electron chi connectivity index (χ2n) is 6.28. The number of aryl methyl sites for hydroxylation is 2. The summed E-state index contributed by atoms with van der Waals surface area (Å²) < 4.78 is 16.5. The molecule has 0 aromatic heterocycles. The smallest absolute Gasteiger partial charge is 0.260 e. The van der Waals surface area contributed by atoms with Crippen molar-refractivity contribution in [1.29, 1.82) is 0 Å². The van der Waals surface area contributed by atoms with E-state index in [1.165, 1.54) is 0 Å². The second kappa shape index (κ2) is 9.13. The first-order valence-corrected chi connectivity index (χ1v) is 8.69. The number of carbonyl (C=O) groups is 1. The van der Waals surface area contributed by atoms with E-state index in [1.54, 1.807) is 14.0 Å². The monoisotopic (exact) mass is 357 g/mol. The normalized spacial score (nSPS) is 11.6. The lowest BCUT2D eigenvalue weighted by Crippen LogP contribution is -2.38. The minimum absolute atomic E-state index is 0.165. The fourth-order valence-corrected chi connectivity index (χ4v) is 2.53. The summed E-state index contributed by atoms with van der Waals surface area (Å²) in [6.45, 7) is 8.59. The van der Waals surface area contributed by atoms with Crippen molar-refractivity contribution in [3.63, 3.8) is 0 Å². The number of rotatable bonds is 8. The number of carbonyl (C=O) groups excluding carboxylic acids is 1. The Kier molecular flexibility index (Phi) is 6.89. The van der Waals surface area contributed by atoms with Crippen molar-refractivity contribution < 1.29 is 19.0 Å². The number of benzene rings is 2. The highest BCUT2D eigenvalue weighted by Crippen LogP contribution is 2.24. The summed E-state index contributed by atoms with van der Waals surface area (Å²) in [5.74, 6) is 2.09. The highest BCUT2D eigenvalue weighted by Gasteiger charge is 2.16. The Labute approximate surface area is 155 Å². The number of ether oxygens (including phenoxy) is 3. The van der Waals surface area contributed by atoms with Gasteiger partial charge in [0.05, 0.1) is 13.7 Å². The maximum Gasteiger partial charge on any atom is 0.260 e. The molecule has 2 rings (SSSR count). The lowest BCUT2D eigenvalue weighted by atomic mass is 10.1. The van der Waals surface area contributed by atoms with E-state index in [1.807, 2.05) is 51.1 Å². The zero-order valence-corrected chi connectivity index (χ0v) is 16.1. The molecule has 0 saturated carbocycles. The number of nitrogens with one attached hydrogen (secondary N) is 1. The molecule has 5 nitrogen and oxygen atoms in total. The quantitative estimate of drug-likeness (QED) is 0.734. The fraction of sp³-hybridized carbons (Fsp3) is 0.381. The number of methoxy groups -OCH3 is 1. The molecule has 0 aliphatic heterocycles. The van der Waals surface area contributed by atoms with Gasteiger partial charge in [0, 0.05) is 0 Å². The Hall–Kier alpha value is -2.69. The van der Waals surface area contributed by atoms with Crippen LogP contribution in [0.5, 0.6) is 17.2 Å². The number of hydrogen-bond acceptors (Lipinski definition) is 4. The molecule has 0 aliphatic carbocycles. The van der Waals surface area contributed by atoms with Gasteiger partial charge in [-0.2, -0.15) is 0 Å². The molecule has 140 valence electrons. The Bertz CT molecular complexity index is 740. The van der Waals surface area contributed by atoms with Crippen LogP contribution >= 0.6 is 0 Å². The number of amides is 1. The average molecular weight is 357 g/mol. The molecule has 0 fully saturated rings. The van der Waals surface area contributed by atoms with Gasteiger partial charge in [0.2, 0.25) is 0 Å². The highest BCUT2D eigenvalue weighted by atomic mass is 16.5. The van der Waals surface area contributed by atoms with Crippen molar-refractivity contribution in [3.8, 4) is 17.2 Å². The van der Waals surface area contributed by atoms with Gasteiger partial charge in [-0.25, -0.2) is 0 Å². The van der Waals surface area contributed by atoms with Gasteiger partial charge in [0.25, 0.3) is 5.91 Å². The van der Waals surface area contributed by atoms with Crippen molar-refractivity contribution in [3.05, 3.63) is 53.1 Å². The summed E-state index contributed by atoms with van der Waals surface area (Å²) in [4.78, 5) is 12.2. The zero-order chi connectivity index (χ0) is 19.1. The van der Waals surface area contributed by atoms with E-state index in [4.69, 9.17) is 14.2 Å². The standard InChI is InChI=1S/C21H27NO4/c1-14-12-15(2)16(3)20(13-14)26-17(4)21(23)22-10-11-25-19-8-6-18(24-5)7-9-19/h6-9,12-13,17H,10-11H2,1-5H3,(H,22,23). The van der Waals surface area contributed by atoms with Crippen LogP contribution < -0.4 is 19.5 Å². The first-order valence-electron chi connectivity index (χ1n) is 8.69. The summed E-state index contributed by atoms with van der Waals surface area (Å²) in [5.41, 5.74) is 3.32. The van der Waals surface area contributed by atoms with Crippen LogP contribution in [0.3, 0.4) is 0 Å². The van der Waals surface area contributed by atoms with Gasteiger partial charge in [-0.15, -0.1) is 0 Å². The number of hydrogen-bond donors (Lipinski definition) is 1. The topological polar surface area (TPSA) is 56.8 Å². The minimum Gasteiger partial charge on any atom is -0.497 e. The van der Waals surface area contributed by atoms with E-state index in [-0.39, 0.29) is 5.91 Å². The maximum atomic E-state index is 12.2. The molecule has 5 heteroatoms. The summed E-state index contributed by atoms with van der Waals surface area (Å²) >= 11 is 0. The van der Waals surface area contributed by atoms with Crippen LogP contribution in [0.25, 0.3) is 0 Å².